The third-order valence-corrected chi connectivity index (χ3v) is 7.00. The maximum Gasteiger partial charge on any atom is 0.326 e. The summed E-state index contributed by atoms with van der Waals surface area (Å²) >= 11 is 0. The van der Waals surface area contributed by atoms with Crippen molar-refractivity contribution in [3.63, 3.8) is 0 Å². The molecule has 0 spiro atoms. The monoisotopic (exact) mass is 453 g/mol. The molecule has 0 aliphatic carbocycles. The van der Waals surface area contributed by atoms with E-state index in [0.717, 1.165) is 5.56 Å². The van der Waals surface area contributed by atoms with Crippen LogP contribution < -0.4 is 10.0 Å². The van der Waals surface area contributed by atoms with Crippen molar-refractivity contribution in [3.8, 4) is 0 Å². The Morgan fingerprint density at radius 3 is 2.10 bits per heavy atom. The van der Waals surface area contributed by atoms with E-state index in [1.54, 1.807) is 26.0 Å². The van der Waals surface area contributed by atoms with Crippen LogP contribution in [0.1, 0.15) is 39.2 Å². The van der Waals surface area contributed by atoms with Crippen molar-refractivity contribution >= 4 is 27.8 Å². The molecule has 31 heavy (non-hydrogen) atoms. The van der Waals surface area contributed by atoms with Crippen molar-refractivity contribution in [1.82, 2.24) is 14.9 Å². The summed E-state index contributed by atoms with van der Waals surface area (Å²) in [5.41, 5.74) is 0.929. The number of aliphatic carboxylic acids is 1. The summed E-state index contributed by atoms with van der Waals surface area (Å²) in [6.07, 6.45) is 0.777. The molecule has 1 heterocycles. The second kappa shape index (κ2) is 10.2. The van der Waals surface area contributed by atoms with Crippen molar-refractivity contribution in [3.05, 3.63) is 29.8 Å². The van der Waals surface area contributed by atoms with E-state index in [2.05, 4.69) is 10.0 Å². The molecule has 0 bridgehead atoms. The summed E-state index contributed by atoms with van der Waals surface area (Å²) in [6.45, 7) is 7.39. The standard InChI is InChI=1S/C21H31N3O6S/c1-13(2)18(21(27)28)22-19(25)16-9-11-24(12-10-16)20(26)15(4)23-31(29,30)17-7-5-14(3)6-8-17/h5-8,13,15-16,18,23H,9-12H2,1-4H3,(H,22,25)(H,27,28)/t15-,18-/m1/s1. The molecule has 3 N–H and O–H groups in total. The molecule has 1 aliphatic rings. The van der Waals surface area contributed by atoms with Gasteiger partial charge in [-0.2, -0.15) is 4.72 Å². The van der Waals surface area contributed by atoms with Gasteiger partial charge in [0.15, 0.2) is 0 Å². The number of carboxylic acid groups (broad SMARTS) is 1. The van der Waals surface area contributed by atoms with Crippen LogP contribution in [0.2, 0.25) is 0 Å². The van der Waals surface area contributed by atoms with Gasteiger partial charge in [0.2, 0.25) is 21.8 Å². The molecule has 1 aromatic rings. The number of sulfonamides is 1. The van der Waals surface area contributed by atoms with Crippen LogP contribution >= 0.6 is 0 Å². The van der Waals surface area contributed by atoms with E-state index in [4.69, 9.17) is 0 Å². The maximum absolute atomic E-state index is 12.7. The van der Waals surface area contributed by atoms with Crippen molar-refractivity contribution in [2.75, 3.05) is 13.1 Å². The van der Waals surface area contributed by atoms with Crippen LogP contribution in [0.3, 0.4) is 0 Å². The molecule has 0 saturated carbocycles. The minimum absolute atomic E-state index is 0.0891. The Bertz CT molecular complexity index is 906. The molecule has 1 saturated heterocycles. The first-order chi connectivity index (χ1) is 14.4. The lowest BCUT2D eigenvalue weighted by molar-refractivity contribution is -0.144. The number of carboxylic acids is 1. The normalized spacial score (nSPS) is 17.3. The highest BCUT2D eigenvalue weighted by atomic mass is 32.2. The number of benzene rings is 1. The van der Waals surface area contributed by atoms with E-state index in [1.807, 2.05) is 6.92 Å². The van der Waals surface area contributed by atoms with Gasteiger partial charge in [-0.1, -0.05) is 31.5 Å². The predicted molar refractivity (Wildman–Crippen MR) is 115 cm³/mol. The summed E-state index contributed by atoms with van der Waals surface area (Å²) in [6, 6.07) is 4.44. The Morgan fingerprint density at radius 1 is 1.06 bits per heavy atom. The third-order valence-electron chi connectivity index (χ3n) is 5.44. The average Bonchev–Trinajstić information content (AvgIpc) is 2.70. The number of carbonyl (C=O) groups is 3. The zero-order valence-corrected chi connectivity index (χ0v) is 19.1. The molecule has 1 fully saturated rings. The number of hydrogen-bond acceptors (Lipinski definition) is 5. The molecular formula is C21H31N3O6S. The number of aryl methyl sites for hydroxylation is 1. The first kappa shape index (κ1) is 24.8. The molecular weight excluding hydrogens is 422 g/mol. The van der Waals surface area contributed by atoms with Gasteiger partial charge >= 0.3 is 5.97 Å². The Balaban J connectivity index is 1.91. The topological polar surface area (TPSA) is 133 Å². The minimum Gasteiger partial charge on any atom is -0.480 e. The van der Waals surface area contributed by atoms with Gasteiger partial charge in [-0.15, -0.1) is 0 Å². The van der Waals surface area contributed by atoms with Crippen LogP contribution in [0.25, 0.3) is 0 Å². The molecule has 2 amide bonds. The van der Waals surface area contributed by atoms with Gasteiger partial charge in [-0.3, -0.25) is 9.59 Å². The van der Waals surface area contributed by atoms with Gasteiger partial charge in [0, 0.05) is 19.0 Å². The van der Waals surface area contributed by atoms with E-state index in [1.165, 1.54) is 24.0 Å². The summed E-state index contributed by atoms with van der Waals surface area (Å²) < 4.78 is 27.4. The Labute approximate surface area is 183 Å². The Kier molecular flexibility index (Phi) is 8.19. The molecule has 1 aliphatic heterocycles. The fourth-order valence-corrected chi connectivity index (χ4v) is 4.69. The van der Waals surface area contributed by atoms with Crippen LogP contribution in [0.15, 0.2) is 29.2 Å². The highest BCUT2D eigenvalue weighted by Gasteiger charge is 2.33. The van der Waals surface area contributed by atoms with Crippen LogP contribution in [-0.2, 0) is 24.4 Å². The zero-order chi connectivity index (χ0) is 23.3. The second-order valence-electron chi connectivity index (χ2n) is 8.32. The van der Waals surface area contributed by atoms with E-state index in [9.17, 15) is 27.9 Å². The quantitative estimate of drug-likeness (QED) is 0.540. The van der Waals surface area contributed by atoms with Gasteiger partial charge in [0.1, 0.15) is 6.04 Å². The summed E-state index contributed by atoms with van der Waals surface area (Å²) in [4.78, 5) is 38.0. The van der Waals surface area contributed by atoms with E-state index in [0.29, 0.717) is 25.9 Å². The number of piperidine rings is 1. The number of likely N-dealkylation sites (tertiary alicyclic amines) is 1. The average molecular weight is 454 g/mol. The molecule has 172 valence electrons. The first-order valence-corrected chi connectivity index (χ1v) is 11.8. The number of carbonyl (C=O) groups excluding carboxylic acids is 2. The summed E-state index contributed by atoms with van der Waals surface area (Å²) in [5, 5.41) is 11.8. The zero-order valence-electron chi connectivity index (χ0n) is 18.3. The number of nitrogens with zero attached hydrogens (tertiary/aromatic N) is 1. The largest absolute Gasteiger partial charge is 0.480 e. The van der Waals surface area contributed by atoms with E-state index in [-0.39, 0.29) is 28.5 Å². The lowest BCUT2D eigenvalue weighted by atomic mass is 9.94. The molecule has 0 aromatic heterocycles. The molecule has 2 rings (SSSR count). The van der Waals surface area contributed by atoms with Crippen molar-refractivity contribution < 1.29 is 27.9 Å². The first-order valence-electron chi connectivity index (χ1n) is 10.3. The van der Waals surface area contributed by atoms with Crippen LogP contribution in [0.4, 0.5) is 0 Å². The molecule has 10 heteroatoms. The molecule has 0 unspecified atom stereocenters. The van der Waals surface area contributed by atoms with Gasteiger partial charge in [-0.05, 0) is 44.7 Å². The Hall–Kier alpha value is -2.46. The van der Waals surface area contributed by atoms with Crippen molar-refractivity contribution in [2.24, 2.45) is 11.8 Å². The van der Waals surface area contributed by atoms with E-state index >= 15 is 0 Å². The fraction of sp³-hybridized carbons (Fsp3) is 0.571. The Morgan fingerprint density at radius 2 is 1.61 bits per heavy atom. The molecule has 2 atom stereocenters. The number of amides is 2. The van der Waals surface area contributed by atoms with E-state index < -0.39 is 28.1 Å². The number of hydrogen-bond donors (Lipinski definition) is 3. The van der Waals surface area contributed by atoms with Crippen molar-refractivity contribution in [1.29, 1.82) is 0 Å². The smallest absolute Gasteiger partial charge is 0.326 e. The molecule has 1 aromatic carbocycles. The van der Waals surface area contributed by atoms with Gasteiger partial charge in [-0.25, -0.2) is 13.2 Å². The highest BCUT2D eigenvalue weighted by Crippen LogP contribution is 2.19. The van der Waals surface area contributed by atoms with Gasteiger partial charge in [0.25, 0.3) is 0 Å². The van der Waals surface area contributed by atoms with Crippen LogP contribution in [0.5, 0.6) is 0 Å². The number of rotatable bonds is 8. The highest BCUT2D eigenvalue weighted by molar-refractivity contribution is 7.89. The third kappa shape index (κ3) is 6.51. The second-order valence-corrected chi connectivity index (χ2v) is 10.0. The lowest BCUT2D eigenvalue weighted by Crippen LogP contribution is -2.52. The lowest BCUT2D eigenvalue weighted by Gasteiger charge is -2.33. The molecule has 9 nitrogen and oxygen atoms in total. The van der Waals surface area contributed by atoms with Crippen LogP contribution in [0, 0.1) is 18.8 Å². The van der Waals surface area contributed by atoms with Gasteiger partial charge in [0.05, 0.1) is 10.9 Å². The maximum atomic E-state index is 12.7. The van der Waals surface area contributed by atoms with Crippen molar-refractivity contribution in [2.45, 2.75) is 57.5 Å². The van der Waals surface area contributed by atoms with Crippen LogP contribution in [-0.4, -0.2) is 61.4 Å². The summed E-state index contributed by atoms with van der Waals surface area (Å²) in [7, 11) is -3.83. The molecule has 0 radical (unpaired) electrons. The minimum atomic E-state index is -3.83. The predicted octanol–water partition coefficient (Wildman–Crippen LogP) is 1.13. The van der Waals surface area contributed by atoms with Gasteiger partial charge < -0.3 is 15.3 Å². The fourth-order valence-electron chi connectivity index (χ4n) is 3.49. The number of nitrogens with one attached hydrogen (secondary N) is 2. The summed E-state index contributed by atoms with van der Waals surface area (Å²) in [5.74, 6) is -2.40. The SMILES string of the molecule is Cc1ccc(S(=O)(=O)N[C@H](C)C(=O)N2CCC(C(=O)N[C@@H](C(=O)O)C(C)C)CC2)cc1.